The largest absolute Gasteiger partial charge is 0.0616 e. The molecule has 0 aromatic carbocycles. The molecule has 15 heavy (non-hydrogen) atoms. The molecular formula is C15H20. The Balaban J connectivity index is 1.78. The molecule has 9 atom stereocenters. The highest BCUT2D eigenvalue weighted by molar-refractivity contribution is 5.53. The summed E-state index contributed by atoms with van der Waals surface area (Å²) in [5.74, 6) is 5.78. The van der Waals surface area contributed by atoms with Crippen LogP contribution in [-0.2, 0) is 0 Å². The van der Waals surface area contributed by atoms with Gasteiger partial charge in [-0.25, -0.2) is 0 Å². The van der Waals surface area contributed by atoms with Crippen LogP contribution < -0.4 is 0 Å². The van der Waals surface area contributed by atoms with Crippen LogP contribution >= 0.6 is 0 Å². The van der Waals surface area contributed by atoms with E-state index in [1.165, 1.54) is 17.8 Å². The van der Waals surface area contributed by atoms with E-state index in [1.54, 1.807) is 19.3 Å². The van der Waals surface area contributed by atoms with Gasteiger partial charge in [0.05, 0.1) is 0 Å². The molecule has 8 aliphatic carbocycles. The fourth-order valence-corrected chi connectivity index (χ4v) is 9.88. The molecule has 0 aromatic heterocycles. The van der Waals surface area contributed by atoms with Gasteiger partial charge in [-0.3, -0.25) is 0 Å². The average molecular weight is 200 g/mol. The molecule has 0 N–H and O–H groups in total. The van der Waals surface area contributed by atoms with Gasteiger partial charge in [-0.1, -0.05) is 20.8 Å². The minimum Gasteiger partial charge on any atom is -0.0616 e. The van der Waals surface area contributed by atoms with Crippen LogP contribution in [0.2, 0.25) is 0 Å². The first-order chi connectivity index (χ1) is 7.07. The predicted molar refractivity (Wildman–Crippen MR) is 58.1 cm³/mol. The summed E-state index contributed by atoms with van der Waals surface area (Å²) in [5, 5.41) is 0. The lowest BCUT2D eigenvalue weighted by molar-refractivity contribution is -0.427. The molecule has 0 heterocycles. The zero-order valence-corrected chi connectivity index (χ0v) is 10.0. The summed E-state index contributed by atoms with van der Waals surface area (Å²) in [7, 11) is 0. The standard InChI is InChI=1S/C15H20/c1-7-10-14-5-9-4-13(14)6-15(10,11(9)14)12(7,3)8(13)2/h7-11H,4-6H2,1-3H3. The van der Waals surface area contributed by atoms with E-state index in [1.807, 2.05) is 0 Å². The maximum Gasteiger partial charge on any atom is -0.0159 e. The van der Waals surface area contributed by atoms with Crippen molar-refractivity contribution < 1.29 is 0 Å². The van der Waals surface area contributed by atoms with Crippen molar-refractivity contribution in [1.82, 2.24) is 0 Å². The summed E-state index contributed by atoms with van der Waals surface area (Å²) in [6, 6.07) is 0. The van der Waals surface area contributed by atoms with Gasteiger partial charge in [0.15, 0.2) is 0 Å². The van der Waals surface area contributed by atoms with E-state index in [4.69, 9.17) is 0 Å². The van der Waals surface area contributed by atoms with Crippen LogP contribution in [0.25, 0.3) is 0 Å². The summed E-state index contributed by atoms with van der Waals surface area (Å²) < 4.78 is 0. The molecule has 0 radical (unpaired) electrons. The first-order valence-electron chi connectivity index (χ1n) is 7.07. The molecule has 8 saturated carbocycles. The van der Waals surface area contributed by atoms with Crippen molar-refractivity contribution in [1.29, 1.82) is 0 Å². The van der Waals surface area contributed by atoms with Gasteiger partial charge in [0.2, 0.25) is 0 Å². The zero-order chi connectivity index (χ0) is 10.0. The molecule has 80 valence electrons. The van der Waals surface area contributed by atoms with Crippen molar-refractivity contribution in [2.45, 2.75) is 40.0 Å². The van der Waals surface area contributed by atoms with Crippen LogP contribution in [0.3, 0.4) is 0 Å². The molecular weight excluding hydrogens is 180 g/mol. The van der Waals surface area contributed by atoms with E-state index in [9.17, 15) is 0 Å². The summed E-state index contributed by atoms with van der Waals surface area (Å²) >= 11 is 0. The van der Waals surface area contributed by atoms with E-state index < -0.39 is 0 Å². The third-order valence-electron chi connectivity index (χ3n) is 9.63. The van der Waals surface area contributed by atoms with Crippen molar-refractivity contribution >= 4 is 0 Å². The maximum atomic E-state index is 2.67. The molecule has 0 amide bonds. The highest BCUT2D eigenvalue weighted by Gasteiger charge is 3.07. The molecule has 9 unspecified atom stereocenters. The molecule has 0 nitrogen and oxygen atoms in total. The van der Waals surface area contributed by atoms with Crippen molar-refractivity contribution in [3.63, 3.8) is 0 Å². The highest BCUT2D eigenvalue weighted by Crippen LogP contribution is 3.11. The monoisotopic (exact) mass is 200 g/mol. The molecule has 3 spiro atoms. The lowest BCUT2D eigenvalue weighted by Gasteiger charge is -2.89. The van der Waals surface area contributed by atoms with Crippen LogP contribution in [0.15, 0.2) is 0 Å². The third-order valence-corrected chi connectivity index (χ3v) is 9.63. The van der Waals surface area contributed by atoms with Crippen LogP contribution in [0.4, 0.5) is 0 Å². The second-order valence-corrected chi connectivity index (χ2v) is 8.33. The quantitative estimate of drug-likeness (QED) is 0.562. The summed E-state index contributed by atoms with van der Waals surface area (Å²) in [6.07, 6.45) is 4.99. The number of rotatable bonds is 0. The molecule has 8 fully saturated rings. The Kier molecular flexibility index (Phi) is 0.657. The Morgan fingerprint density at radius 3 is 2.60 bits per heavy atom. The Bertz CT molecular complexity index is 453. The minimum atomic E-state index is 0.777. The topological polar surface area (TPSA) is 0 Å². The second kappa shape index (κ2) is 1.34. The fourth-order valence-electron chi connectivity index (χ4n) is 9.88. The van der Waals surface area contributed by atoms with E-state index in [0.717, 1.165) is 33.5 Å². The summed E-state index contributed by atoms with van der Waals surface area (Å²) in [4.78, 5) is 0. The van der Waals surface area contributed by atoms with Crippen LogP contribution in [-0.4, -0.2) is 0 Å². The lowest BCUT2D eigenvalue weighted by Crippen LogP contribution is -2.85. The lowest BCUT2D eigenvalue weighted by atomic mass is 9.15. The number of hydrogen-bond donors (Lipinski definition) is 0. The molecule has 0 aliphatic heterocycles. The smallest absolute Gasteiger partial charge is 0.0159 e. The highest BCUT2D eigenvalue weighted by atomic mass is 15.1. The molecule has 0 heteroatoms. The predicted octanol–water partition coefficient (Wildman–Crippen LogP) is 3.32. The van der Waals surface area contributed by atoms with Crippen LogP contribution in [0, 0.1) is 51.2 Å². The van der Waals surface area contributed by atoms with Gasteiger partial charge in [0, 0.05) is 0 Å². The van der Waals surface area contributed by atoms with Crippen molar-refractivity contribution in [2.75, 3.05) is 0 Å². The first kappa shape index (κ1) is 7.35. The summed E-state index contributed by atoms with van der Waals surface area (Å²) in [5.41, 5.74) is 3.51. The van der Waals surface area contributed by atoms with E-state index >= 15 is 0 Å². The van der Waals surface area contributed by atoms with Crippen LogP contribution in [0.1, 0.15) is 40.0 Å². The molecule has 0 aromatic rings. The Morgan fingerprint density at radius 2 is 1.80 bits per heavy atom. The number of hydrogen-bond acceptors (Lipinski definition) is 0. The molecule has 8 aliphatic rings. The summed E-state index contributed by atoms with van der Waals surface area (Å²) in [6.45, 7) is 7.89. The first-order valence-corrected chi connectivity index (χ1v) is 7.07. The van der Waals surface area contributed by atoms with Crippen molar-refractivity contribution in [3.8, 4) is 0 Å². The van der Waals surface area contributed by atoms with Gasteiger partial charge < -0.3 is 0 Å². The van der Waals surface area contributed by atoms with Crippen LogP contribution in [0.5, 0.6) is 0 Å². The van der Waals surface area contributed by atoms with E-state index in [-0.39, 0.29) is 0 Å². The normalized spacial score (nSPS) is 92.6. The Morgan fingerprint density at radius 1 is 1.00 bits per heavy atom. The van der Waals surface area contributed by atoms with Gasteiger partial charge in [-0.15, -0.1) is 0 Å². The maximum absolute atomic E-state index is 2.67. The van der Waals surface area contributed by atoms with Gasteiger partial charge in [-0.05, 0) is 70.5 Å². The Hall–Kier alpha value is 0. The van der Waals surface area contributed by atoms with E-state index in [2.05, 4.69) is 20.8 Å². The van der Waals surface area contributed by atoms with Crippen molar-refractivity contribution in [2.24, 2.45) is 51.2 Å². The Labute approximate surface area is 91.8 Å². The fraction of sp³-hybridized carbons (Fsp3) is 1.00. The van der Waals surface area contributed by atoms with Gasteiger partial charge in [0.1, 0.15) is 0 Å². The van der Waals surface area contributed by atoms with Gasteiger partial charge >= 0.3 is 0 Å². The van der Waals surface area contributed by atoms with Gasteiger partial charge in [0.25, 0.3) is 0 Å². The molecule has 8 rings (SSSR count). The average Bonchev–Trinajstić information content (AvgIpc) is 2.77. The molecule has 5 bridgehead atoms. The second-order valence-electron chi connectivity index (χ2n) is 8.33. The third kappa shape index (κ3) is 0.286. The van der Waals surface area contributed by atoms with E-state index in [0.29, 0.717) is 0 Å². The SMILES string of the molecule is CC1C2C34CC5CC36CC2(C54)C1(C)C6C. The van der Waals surface area contributed by atoms with Crippen molar-refractivity contribution in [3.05, 3.63) is 0 Å². The zero-order valence-electron chi connectivity index (χ0n) is 10.0. The minimum absolute atomic E-state index is 0.777. The molecule has 0 saturated heterocycles. The van der Waals surface area contributed by atoms with Gasteiger partial charge in [-0.2, -0.15) is 0 Å².